The Morgan fingerprint density at radius 3 is 2.69 bits per heavy atom. The van der Waals surface area contributed by atoms with Gasteiger partial charge in [0.1, 0.15) is 0 Å². The van der Waals surface area contributed by atoms with E-state index in [9.17, 15) is 4.79 Å². The van der Waals surface area contributed by atoms with Gasteiger partial charge < -0.3 is 15.4 Å². The van der Waals surface area contributed by atoms with E-state index in [1.54, 1.807) is 7.11 Å². The van der Waals surface area contributed by atoms with Gasteiger partial charge in [-0.15, -0.1) is 17.5 Å². The van der Waals surface area contributed by atoms with Crippen LogP contribution in [0.1, 0.15) is 46.2 Å². The molecule has 1 aliphatic rings. The first-order valence-corrected chi connectivity index (χ1v) is 8.67. The third kappa shape index (κ3) is 4.60. The fraction of sp³-hybridized carbons (Fsp3) is 0.500. The second-order valence-electron chi connectivity index (χ2n) is 6.33. The molecule has 0 radical (unpaired) electrons. The van der Waals surface area contributed by atoms with E-state index in [-0.39, 0.29) is 18.3 Å². The zero-order valence-corrected chi connectivity index (χ0v) is 16.0. The Bertz CT molecular complexity index is 728. The van der Waals surface area contributed by atoms with Crippen molar-refractivity contribution < 1.29 is 9.53 Å². The second kappa shape index (κ2) is 9.66. The molecule has 0 saturated carbocycles. The van der Waals surface area contributed by atoms with E-state index in [4.69, 9.17) is 4.74 Å². The van der Waals surface area contributed by atoms with E-state index in [0.717, 1.165) is 42.8 Å². The third-order valence-electron chi connectivity index (χ3n) is 4.65. The van der Waals surface area contributed by atoms with Gasteiger partial charge in [0.15, 0.2) is 5.69 Å². The lowest BCUT2D eigenvalue weighted by molar-refractivity contribution is 0.0944. The molecule has 142 valence electrons. The fourth-order valence-corrected chi connectivity index (χ4v) is 3.23. The topological polar surface area (TPSA) is 81.1 Å². The van der Waals surface area contributed by atoms with E-state index < -0.39 is 0 Å². The molecule has 2 heterocycles. The largest absolute Gasteiger partial charge is 0.380 e. The Morgan fingerprint density at radius 2 is 2.00 bits per heavy atom. The first-order chi connectivity index (χ1) is 12.2. The SMILES string of the molecule is COCc1ccccc1CNC(=O)c1nnn(C2CCNCC2)c1C.Cl. The Kier molecular flexibility index (Phi) is 7.56. The smallest absolute Gasteiger partial charge is 0.274 e. The Morgan fingerprint density at radius 1 is 1.31 bits per heavy atom. The normalized spacial score (nSPS) is 14.7. The number of nitrogens with zero attached hydrogens (tertiary/aromatic N) is 3. The van der Waals surface area contributed by atoms with E-state index in [1.165, 1.54) is 0 Å². The number of hydrogen-bond acceptors (Lipinski definition) is 5. The zero-order chi connectivity index (χ0) is 17.6. The highest BCUT2D eigenvalue weighted by molar-refractivity contribution is 5.93. The maximum Gasteiger partial charge on any atom is 0.274 e. The predicted octanol–water partition coefficient (Wildman–Crippen LogP) is 2.01. The summed E-state index contributed by atoms with van der Waals surface area (Å²) < 4.78 is 7.10. The molecule has 0 bridgehead atoms. The highest BCUT2D eigenvalue weighted by Crippen LogP contribution is 2.20. The summed E-state index contributed by atoms with van der Waals surface area (Å²) in [4.78, 5) is 12.5. The van der Waals surface area contributed by atoms with Gasteiger partial charge in [0.2, 0.25) is 0 Å². The standard InChI is InChI=1S/C18H25N5O2.ClH/c1-13-17(21-22-23(13)16-7-9-19-10-8-16)18(24)20-11-14-5-3-4-6-15(14)12-25-2;/h3-6,16,19H,7-12H2,1-2H3,(H,20,24);1H. The highest BCUT2D eigenvalue weighted by atomic mass is 35.5. The van der Waals surface area contributed by atoms with Crippen molar-refractivity contribution in [3.63, 3.8) is 0 Å². The number of rotatable bonds is 6. The van der Waals surface area contributed by atoms with Gasteiger partial charge in [0, 0.05) is 13.7 Å². The molecule has 0 aliphatic carbocycles. The lowest BCUT2D eigenvalue weighted by Crippen LogP contribution is -2.30. The van der Waals surface area contributed by atoms with Crippen molar-refractivity contribution in [1.29, 1.82) is 0 Å². The molecule has 1 aromatic heterocycles. The minimum Gasteiger partial charge on any atom is -0.380 e. The van der Waals surface area contributed by atoms with Crippen LogP contribution in [0.2, 0.25) is 0 Å². The van der Waals surface area contributed by atoms with Crippen LogP contribution >= 0.6 is 12.4 Å². The van der Waals surface area contributed by atoms with E-state index in [1.807, 2.05) is 35.9 Å². The van der Waals surface area contributed by atoms with E-state index in [2.05, 4.69) is 20.9 Å². The number of nitrogens with one attached hydrogen (secondary N) is 2. The van der Waals surface area contributed by atoms with Crippen LogP contribution in [0, 0.1) is 6.92 Å². The van der Waals surface area contributed by atoms with Gasteiger partial charge in [-0.1, -0.05) is 29.5 Å². The average molecular weight is 380 g/mol. The van der Waals surface area contributed by atoms with E-state index in [0.29, 0.717) is 24.9 Å². The van der Waals surface area contributed by atoms with Crippen molar-refractivity contribution >= 4 is 18.3 Å². The quantitative estimate of drug-likeness (QED) is 0.802. The Hall–Kier alpha value is -1.96. The predicted molar refractivity (Wildman–Crippen MR) is 101 cm³/mol. The van der Waals surface area contributed by atoms with Crippen molar-refractivity contribution in [1.82, 2.24) is 25.6 Å². The number of piperidine rings is 1. The van der Waals surface area contributed by atoms with Crippen molar-refractivity contribution in [2.45, 2.75) is 39.0 Å². The summed E-state index contributed by atoms with van der Waals surface area (Å²) >= 11 is 0. The van der Waals surface area contributed by atoms with Gasteiger partial charge in [-0.25, -0.2) is 4.68 Å². The van der Waals surface area contributed by atoms with Crippen LogP contribution in [-0.4, -0.2) is 41.1 Å². The maximum absolute atomic E-state index is 12.5. The number of benzene rings is 1. The Balaban J connectivity index is 0.00000243. The molecular weight excluding hydrogens is 354 g/mol. The first kappa shape index (κ1) is 20.4. The second-order valence-corrected chi connectivity index (χ2v) is 6.33. The van der Waals surface area contributed by atoms with Crippen LogP contribution in [-0.2, 0) is 17.9 Å². The molecule has 1 amide bonds. The first-order valence-electron chi connectivity index (χ1n) is 8.67. The third-order valence-corrected chi connectivity index (χ3v) is 4.65. The lowest BCUT2D eigenvalue weighted by atomic mass is 10.1. The molecule has 0 spiro atoms. The summed E-state index contributed by atoms with van der Waals surface area (Å²) in [5.41, 5.74) is 3.35. The van der Waals surface area contributed by atoms with Crippen molar-refractivity contribution in [3.8, 4) is 0 Å². The van der Waals surface area contributed by atoms with Crippen molar-refractivity contribution in [3.05, 3.63) is 46.8 Å². The summed E-state index contributed by atoms with van der Waals surface area (Å²) in [6, 6.07) is 8.24. The van der Waals surface area contributed by atoms with Gasteiger partial charge in [-0.05, 0) is 44.0 Å². The summed E-state index contributed by atoms with van der Waals surface area (Å²) in [5.74, 6) is -0.190. The number of amides is 1. The number of hydrogen-bond donors (Lipinski definition) is 2. The van der Waals surface area contributed by atoms with Crippen LogP contribution in [0.3, 0.4) is 0 Å². The zero-order valence-electron chi connectivity index (χ0n) is 15.2. The molecular formula is C18H26ClN5O2. The van der Waals surface area contributed by atoms with E-state index >= 15 is 0 Å². The lowest BCUT2D eigenvalue weighted by Gasteiger charge is -2.23. The van der Waals surface area contributed by atoms with Crippen LogP contribution < -0.4 is 10.6 Å². The molecule has 1 saturated heterocycles. The van der Waals surface area contributed by atoms with Gasteiger partial charge in [-0.3, -0.25) is 4.79 Å². The molecule has 1 aliphatic heterocycles. The molecule has 7 nitrogen and oxygen atoms in total. The van der Waals surface area contributed by atoms with Crippen LogP contribution in [0.15, 0.2) is 24.3 Å². The Labute approximate surface area is 159 Å². The van der Waals surface area contributed by atoms with Gasteiger partial charge in [-0.2, -0.15) is 0 Å². The van der Waals surface area contributed by atoms with Crippen LogP contribution in [0.4, 0.5) is 0 Å². The minimum atomic E-state index is -0.190. The molecule has 26 heavy (non-hydrogen) atoms. The highest BCUT2D eigenvalue weighted by Gasteiger charge is 2.22. The number of methoxy groups -OCH3 is 1. The average Bonchev–Trinajstić information content (AvgIpc) is 3.03. The molecule has 1 fully saturated rings. The van der Waals surface area contributed by atoms with Crippen molar-refractivity contribution in [2.75, 3.05) is 20.2 Å². The summed E-state index contributed by atoms with van der Waals surface area (Å²) in [6.07, 6.45) is 2.02. The number of carbonyl (C=O) groups is 1. The molecule has 0 atom stereocenters. The van der Waals surface area contributed by atoms with Crippen LogP contribution in [0.25, 0.3) is 0 Å². The minimum absolute atomic E-state index is 0. The monoisotopic (exact) mass is 379 g/mol. The molecule has 3 rings (SSSR count). The fourth-order valence-electron chi connectivity index (χ4n) is 3.23. The molecule has 2 N–H and O–H groups in total. The number of ether oxygens (including phenoxy) is 1. The number of halogens is 1. The van der Waals surface area contributed by atoms with Crippen molar-refractivity contribution in [2.24, 2.45) is 0 Å². The van der Waals surface area contributed by atoms with Crippen LogP contribution in [0.5, 0.6) is 0 Å². The summed E-state index contributed by atoms with van der Waals surface area (Å²) in [6.45, 7) is 4.83. The summed E-state index contributed by atoms with van der Waals surface area (Å²) in [7, 11) is 1.66. The number of aromatic nitrogens is 3. The van der Waals surface area contributed by atoms with Gasteiger partial charge in [0.25, 0.3) is 5.91 Å². The molecule has 1 aromatic carbocycles. The molecule has 0 unspecified atom stereocenters. The summed E-state index contributed by atoms with van der Waals surface area (Å²) in [5, 5.41) is 14.6. The van der Waals surface area contributed by atoms with Gasteiger partial charge >= 0.3 is 0 Å². The maximum atomic E-state index is 12.5. The van der Waals surface area contributed by atoms with Gasteiger partial charge in [0.05, 0.1) is 18.3 Å². The molecule has 8 heteroatoms. The number of carbonyl (C=O) groups excluding carboxylic acids is 1. The molecule has 2 aromatic rings.